The molecule has 0 bridgehead atoms. The first-order valence-corrected chi connectivity index (χ1v) is 13.3. The molecule has 17 heavy (non-hydrogen) atoms. The zero-order valence-electron chi connectivity index (χ0n) is 11.8. The molecule has 2 heterocycles. The van der Waals surface area contributed by atoms with Crippen LogP contribution in [-0.4, -0.2) is 27.2 Å². The van der Waals surface area contributed by atoms with Gasteiger partial charge in [0.25, 0.3) is 0 Å². The van der Waals surface area contributed by atoms with E-state index >= 15 is 0 Å². The topological polar surface area (TPSA) is 3.24 Å². The predicted molar refractivity (Wildman–Crippen MR) is 78.1 cm³/mol. The first-order valence-electron chi connectivity index (χ1n) is 6.14. The van der Waals surface area contributed by atoms with Crippen LogP contribution in [0.15, 0.2) is 12.1 Å². The van der Waals surface area contributed by atoms with Gasteiger partial charge < -0.3 is 15.6 Å². The molecule has 2 rings (SSSR count). The van der Waals surface area contributed by atoms with Crippen molar-refractivity contribution in [2.24, 2.45) is 0 Å². The van der Waals surface area contributed by atoms with Crippen molar-refractivity contribution in [3.05, 3.63) is 22.4 Å². The standard InChI is InChI=1S/C12H22NSSi2.Li/c1-15(2)10-11-16(3,4)13(15)8-7-12-6-5-9-14-12;/h5-6H,7-8,10-11H2,1-4H3;/q-1;+1. The van der Waals surface area contributed by atoms with Crippen molar-refractivity contribution >= 4 is 27.8 Å². The van der Waals surface area contributed by atoms with Crippen molar-refractivity contribution in [2.45, 2.75) is 44.7 Å². The molecule has 0 N–H and O–H groups in total. The van der Waals surface area contributed by atoms with Crippen LogP contribution in [0.5, 0.6) is 0 Å². The number of thiophene rings is 1. The Morgan fingerprint density at radius 2 is 1.82 bits per heavy atom. The molecule has 0 aliphatic carbocycles. The summed E-state index contributed by atoms with van der Waals surface area (Å²) < 4.78 is 2.96. The van der Waals surface area contributed by atoms with Gasteiger partial charge in [-0.25, -0.2) is 6.07 Å². The maximum absolute atomic E-state index is 3.19. The molecule has 0 amide bonds. The average molecular weight is 275 g/mol. The van der Waals surface area contributed by atoms with Gasteiger partial charge in [-0.1, -0.05) is 32.6 Å². The molecule has 1 aromatic heterocycles. The van der Waals surface area contributed by atoms with Crippen molar-refractivity contribution in [3.63, 3.8) is 0 Å². The molecular formula is C12H22LiNSSi2. The van der Waals surface area contributed by atoms with Crippen molar-refractivity contribution < 1.29 is 18.9 Å². The van der Waals surface area contributed by atoms with Crippen molar-refractivity contribution in [1.82, 2.24) is 4.23 Å². The Bertz CT molecular complexity index is 335. The predicted octanol–water partition coefficient (Wildman–Crippen LogP) is 0.821. The van der Waals surface area contributed by atoms with Crippen LogP contribution in [0.1, 0.15) is 4.88 Å². The second kappa shape index (κ2) is 5.77. The minimum atomic E-state index is -1.05. The monoisotopic (exact) mass is 275 g/mol. The van der Waals surface area contributed by atoms with E-state index in [0.29, 0.717) is 0 Å². The summed E-state index contributed by atoms with van der Waals surface area (Å²) in [4.78, 5) is 1.50. The van der Waals surface area contributed by atoms with Gasteiger partial charge in [0.05, 0.1) is 0 Å². The molecule has 0 saturated carbocycles. The molecule has 0 unspecified atom stereocenters. The van der Waals surface area contributed by atoms with Crippen LogP contribution in [0.3, 0.4) is 0 Å². The molecule has 90 valence electrons. The second-order valence-corrected chi connectivity index (χ2v) is 16.8. The molecular weight excluding hydrogens is 253 g/mol. The summed E-state index contributed by atoms with van der Waals surface area (Å²) in [6.45, 7) is 11.5. The fourth-order valence-corrected chi connectivity index (χ4v) is 17.6. The molecule has 5 heteroatoms. The van der Waals surface area contributed by atoms with E-state index in [4.69, 9.17) is 0 Å². The summed E-state index contributed by atoms with van der Waals surface area (Å²) in [5.74, 6) is 0. The van der Waals surface area contributed by atoms with Crippen molar-refractivity contribution in [3.8, 4) is 0 Å². The Hall–Kier alpha value is 0.691. The zero-order valence-corrected chi connectivity index (χ0v) is 14.7. The Balaban J connectivity index is 0.00000144. The van der Waals surface area contributed by atoms with Crippen LogP contribution in [-0.2, 0) is 6.42 Å². The maximum atomic E-state index is 3.19. The number of hydrogen-bond donors (Lipinski definition) is 0. The number of nitrogens with zero attached hydrogens (tertiary/aromatic N) is 1. The maximum Gasteiger partial charge on any atom is 1.00 e. The van der Waals surface area contributed by atoms with Gasteiger partial charge in [0.2, 0.25) is 0 Å². The Labute approximate surface area is 124 Å². The summed E-state index contributed by atoms with van der Waals surface area (Å²) in [6, 6.07) is 7.31. The molecule has 1 aliphatic heterocycles. The molecule has 1 aromatic rings. The van der Waals surface area contributed by atoms with Crippen LogP contribution in [0.2, 0.25) is 38.3 Å². The van der Waals surface area contributed by atoms with Crippen LogP contribution >= 0.6 is 11.3 Å². The van der Waals surface area contributed by atoms with Gasteiger partial charge in [0.15, 0.2) is 0 Å². The third-order valence-corrected chi connectivity index (χ3v) is 15.2. The second-order valence-electron chi connectivity index (χ2n) is 6.05. The molecule has 1 fully saturated rings. The van der Waals surface area contributed by atoms with E-state index in [9.17, 15) is 0 Å². The van der Waals surface area contributed by atoms with Gasteiger partial charge in [-0.2, -0.15) is 6.07 Å². The molecule has 1 nitrogen and oxygen atoms in total. The van der Waals surface area contributed by atoms with Crippen molar-refractivity contribution in [2.75, 3.05) is 6.54 Å². The van der Waals surface area contributed by atoms with Gasteiger partial charge in [-0.3, -0.25) is 0 Å². The van der Waals surface area contributed by atoms with Gasteiger partial charge in [-0.15, -0.1) is 10.3 Å². The fraction of sp³-hybridized carbons (Fsp3) is 0.667. The van der Waals surface area contributed by atoms with E-state index in [1.54, 1.807) is 11.3 Å². The summed E-state index contributed by atoms with van der Waals surface area (Å²) in [5.41, 5.74) is 0. The largest absolute Gasteiger partial charge is 1.00 e. The zero-order chi connectivity index (χ0) is 11.8. The smallest absolute Gasteiger partial charge is 0.346 e. The third kappa shape index (κ3) is 3.59. The summed E-state index contributed by atoms with van der Waals surface area (Å²) in [6.07, 6.45) is 1.24. The minimum Gasteiger partial charge on any atom is -0.346 e. The van der Waals surface area contributed by atoms with Gasteiger partial charge in [-0.05, 0) is 18.6 Å². The van der Waals surface area contributed by atoms with E-state index in [2.05, 4.69) is 47.9 Å². The average Bonchev–Trinajstić information content (AvgIpc) is 2.73. The normalized spacial score (nSPS) is 22.4. The SMILES string of the molecule is C[Si]1(C)CC[Si](C)(C)N1CCc1cc[c-]s1.[Li+]. The Morgan fingerprint density at radius 1 is 1.24 bits per heavy atom. The van der Waals surface area contributed by atoms with Crippen LogP contribution in [0.4, 0.5) is 0 Å². The summed E-state index contributed by atoms with van der Waals surface area (Å²) in [7, 11) is -2.10. The van der Waals surface area contributed by atoms with Gasteiger partial charge in [0.1, 0.15) is 16.5 Å². The van der Waals surface area contributed by atoms with Gasteiger partial charge in [0, 0.05) is 0 Å². The number of rotatable bonds is 3. The fourth-order valence-electron chi connectivity index (χ4n) is 2.93. The summed E-state index contributed by atoms with van der Waals surface area (Å²) >= 11 is 1.79. The third-order valence-electron chi connectivity index (χ3n) is 3.92. The van der Waals surface area contributed by atoms with Crippen LogP contribution in [0.25, 0.3) is 0 Å². The Kier molecular flexibility index (Phi) is 5.34. The molecule has 0 radical (unpaired) electrons. The first kappa shape index (κ1) is 15.7. The van der Waals surface area contributed by atoms with E-state index in [0.717, 1.165) is 0 Å². The minimum absolute atomic E-state index is 0. The van der Waals surface area contributed by atoms with Gasteiger partial charge >= 0.3 is 18.9 Å². The molecule has 1 aliphatic rings. The Morgan fingerprint density at radius 3 is 2.29 bits per heavy atom. The van der Waals surface area contributed by atoms with E-state index in [-0.39, 0.29) is 18.9 Å². The molecule has 0 aromatic carbocycles. The van der Waals surface area contributed by atoms with E-state index in [1.807, 2.05) is 0 Å². The van der Waals surface area contributed by atoms with Crippen LogP contribution < -0.4 is 18.9 Å². The number of hydrogen-bond acceptors (Lipinski definition) is 2. The molecule has 0 atom stereocenters. The van der Waals surface area contributed by atoms with E-state index < -0.39 is 16.5 Å². The van der Waals surface area contributed by atoms with E-state index in [1.165, 1.54) is 29.9 Å². The first-order chi connectivity index (χ1) is 7.42. The molecule has 1 saturated heterocycles. The van der Waals surface area contributed by atoms with Crippen molar-refractivity contribution in [1.29, 1.82) is 0 Å². The quantitative estimate of drug-likeness (QED) is 0.583. The molecule has 0 spiro atoms. The van der Waals surface area contributed by atoms with Crippen LogP contribution in [0, 0.1) is 5.38 Å². The summed E-state index contributed by atoms with van der Waals surface area (Å²) in [5, 5.41) is 3.19.